The van der Waals surface area contributed by atoms with Crippen molar-refractivity contribution in [1.82, 2.24) is 19.7 Å². The molecule has 0 unspecified atom stereocenters. The molecule has 0 aliphatic rings. The summed E-state index contributed by atoms with van der Waals surface area (Å²) in [6.07, 6.45) is 4.37. The van der Waals surface area contributed by atoms with Crippen LogP contribution in [0.25, 0.3) is 11.4 Å². The Morgan fingerprint density at radius 1 is 1.28 bits per heavy atom. The number of aromatic nitrogens is 4. The lowest BCUT2D eigenvalue weighted by molar-refractivity contribution is 0.251. The molecular formula is C16H15ClFN5O2. The van der Waals surface area contributed by atoms with E-state index in [0.717, 1.165) is 11.8 Å². The molecule has 130 valence electrons. The van der Waals surface area contributed by atoms with Crippen molar-refractivity contribution < 1.29 is 14.2 Å². The number of rotatable bonds is 6. The van der Waals surface area contributed by atoms with Gasteiger partial charge >= 0.3 is 0 Å². The Morgan fingerprint density at radius 3 is 2.80 bits per heavy atom. The van der Waals surface area contributed by atoms with Crippen LogP contribution in [0.2, 0.25) is 5.02 Å². The van der Waals surface area contributed by atoms with Crippen molar-refractivity contribution in [2.24, 2.45) is 5.73 Å². The number of aliphatic hydroxyl groups is 1. The summed E-state index contributed by atoms with van der Waals surface area (Å²) >= 11 is 5.66. The van der Waals surface area contributed by atoms with Crippen LogP contribution in [-0.2, 0) is 6.54 Å². The Balaban J connectivity index is 1.78. The van der Waals surface area contributed by atoms with Crippen molar-refractivity contribution in [3.8, 4) is 23.0 Å². The number of pyridine rings is 2. The van der Waals surface area contributed by atoms with E-state index in [-0.39, 0.29) is 17.5 Å². The first kappa shape index (κ1) is 17.3. The third-order valence-corrected chi connectivity index (χ3v) is 3.55. The summed E-state index contributed by atoms with van der Waals surface area (Å²) in [6, 6.07) is 5.84. The predicted octanol–water partition coefficient (Wildman–Crippen LogP) is 2.24. The maximum atomic E-state index is 13.7. The molecule has 9 heteroatoms. The molecule has 0 aromatic carbocycles. The van der Waals surface area contributed by atoms with Crippen LogP contribution >= 0.6 is 11.6 Å². The molecule has 0 aliphatic carbocycles. The number of nitrogens with zero attached hydrogens (tertiary/aromatic N) is 4. The Kier molecular flexibility index (Phi) is 5.22. The molecule has 3 aromatic rings. The Labute approximate surface area is 147 Å². The Morgan fingerprint density at radius 2 is 2.12 bits per heavy atom. The quantitative estimate of drug-likeness (QED) is 0.696. The van der Waals surface area contributed by atoms with Crippen LogP contribution in [-0.4, -0.2) is 37.5 Å². The lowest BCUT2D eigenvalue weighted by atomic mass is 10.2. The summed E-state index contributed by atoms with van der Waals surface area (Å²) in [7, 11) is 0. The number of hydrogen-bond donors (Lipinski definition) is 2. The number of halogens is 2. The third kappa shape index (κ3) is 4.11. The van der Waals surface area contributed by atoms with E-state index in [1.807, 2.05) is 0 Å². The van der Waals surface area contributed by atoms with Gasteiger partial charge in [0.1, 0.15) is 5.75 Å². The van der Waals surface area contributed by atoms with Gasteiger partial charge in [0.25, 0.3) is 5.88 Å². The molecule has 3 rings (SSSR count). The van der Waals surface area contributed by atoms with E-state index in [2.05, 4.69) is 15.1 Å². The van der Waals surface area contributed by atoms with Crippen LogP contribution < -0.4 is 10.5 Å². The average Bonchev–Trinajstić information content (AvgIpc) is 3.06. The van der Waals surface area contributed by atoms with Gasteiger partial charge in [0.15, 0.2) is 5.82 Å². The summed E-state index contributed by atoms with van der Waals surface area (Å²) in [4.78, 5) is 8.09. The number of ether oxygens (including phenoxy) is 1. The third-order valence-electron chi connectivity index (χ3n) is 3.35. The van der Waals surface area contributed by atoms with Gasteiger partial charge in [-0.1, -0.05) is 11.6 Å². The smallest absolute Gasteiger partial charge is 0.256 e. The lowest BCUT2D eigenvalue weighted by Crippen LogP contribution is -2.30. The van der Waals surface area contributed by atoms with Gasteiger partial charge < -0.3 is 15.6 Å². The van der Waals surface area contributed by atoms with Crippen molar-refractivity contribution in [3.05, 3.63) is 53.7 Å². The second-order valence-corrected chi connectivity index (χ2v) is 5.70. The second-order valence-electron chi connectivity index (χ2n) is 5.26. The molecule has 0 fully saturated rings. The molecule has 0 radical (unpaired) electrons. The molecule has 1 atom stereocenters. The summed E-state index contributed by atoms with van der Waals surface area (Å²) in [5.74, 6) is -0.513. The van der Waals surface area contributed by atoms with E-state index in [9.17, 15) is 4.39 Å². The van der Waals surface area contributed by atoms with Gasteiger partial charge in [-0.25, -0.2) is 9.37 Å². The summed E-state index contributed by atoms with van der Waals surface area (Å²) in [5, 5.41) is 13.4. The van der Waals surface area contributed by atoms with Gasteiger partial charge in [-0.2, -0.15) is 5.10 Å². The Bertz CT molecular complexity index is 856. The monoisotopic (exact) mass is 363 g/mol. The summed E-state index contributed by atoms with van der Waals surface area (Å²) in [5.41, 5.74) is 7.12. The van der Waals surface area contributed by atoms with Crippen LogP contribution in [0.5, 0.6) is 11.6 Å². The molecule has 0 saturated carbocycles. The zero-order chi connectivity index (χ0) is 17.8. The zero-order valence-electron chi connectivity index (χ0n) is 13.0. The van der Waals surface area contributed by atoms with Crippen molar-refractivity contribution in [1.29, 1.82) is 0 Å². The molecule has 0 saturated heterocycles. The van der Waals surface area contributed by atoms with E-state index in [4.69, 9.17) is 27.2 Å². The summed E-state index contributed by atoms with van der Waals surface area (Å²) < 4.78 is 20.7. The first-order valence-corrected chi connectivity index (χ1v) is 7.78. The fourth-order valence-electron chi connectivity index (χ4n) is 2.16. The highest BCUT2D eigenvalue weighted by Crippen LogP contribution is 2.25. The first-order chi connectivity index (χ1) is 12.1. The standard InChI is InChI=1S/C16H15ClFN5O2/c17-10-5-13(18)16(21-6-10)25-12-1-2-14(20-7-12)15-3-4-22-23(15)8-11(19)9-24/h1-7,11,24H,8-9,19H2/t11-/m0/s1. The van der Waals surface area contributed by atoms with Crippen molar-refractivity contribution in [2.45, 2.75) is 12.6 Å². The van der Waals surface area contributed by atoms with Crippen LogP contribution in [0.15, 0.2) is 42.9 Å². The maximum Gasteiger partial charge on any atom is 0.256 e. The minimum Gasteiger partial charge on any atom is -0.435 e. The fourth-order valence-corrected chi connectivity index (χ4v) is 2.30. The summed E-state index contributed by atoms with van der Waals surface area (Å²) in [6.45, 7) is 0.220. The fraction of sp³-hybridized carbons (Fsp3) is 0.188. The topological polar surface area (TPSA) is 99.1 Å². The van der Waals surface area contributed by atoms with E-state index in [1.54, 1.807) is 29.1 Å². The van der Waals surface area contributed by atoms with E-state index >= 15 is 0 Å². The van der Waals surface area contributed by atoms with Crippen molar-refractivity contribution >= 4 is 11.6 Å². The largest absolute Gasteiger partial charge is 0.435 e. The molecule has 3 N–H and O–H groups in total. The highest BCUT2D eigenvalue weighted by molar-refractivity contribution is 6.30. The minimum absolute atomic E-state index is 0.140. The van der Waals surface area contributed by atoms with E-state index in [1.165, 1.54) is 12.4 Å². The predicted molar refractivity (Wildman–Crippen MR) is 89.8 cm³/mol. The highest BCUT2D eigenvalue weighted by atomic mass is 35.5. The molecule has 3 heterocycles. The van der Waals surface area contributed by atoms with Gasteiger partial charge in [-0.05, 0) is 24.3 Å². The van der Waals surface area contributed by atoms with Crippen molar-refractivity contribution in [2.75, 3.05) is 6.61 Å². The Hall–Kier alpha value is -2.55. The molecule has 3 aromatic heterocycles. The molecule has 0 bridgehead atoms. The van der Waals surface area contributed by atoms with Crippen LogP contribution in [0, 0.1) is 5.82 Å². The second kappa shape index (κ2) is 7.56. The van der Waals surface area contributed by atoms with E-state index in [0.29, 0.717) is 18.0 Å². The lowest BCUT2D eigenvalue weighted by Gasteiger charge is -2.11. The van der Waals surface area contributed by atoms with Gasteiger partial charge in [0.2, 0.25) is 0 Å². The molecule has 0 amide bonds. The van der Waals surface area contributed by atoms with E-state index < -0.39 is 11.9 Å². The molecule has 25 heavy (non-hydrogen) atoms. The number of aliphatic hydroxyl groups excluding tert-OH is 1. The van der Waals surface area contributed by atoms with Crippen LogP contribution in [0.3, 0.4) is 0 Å². The maximum absolute atomic E-state index is 13.7. The molecule has 0 spiro atoms. The average molecular weight is 364 g/mol. The number of nitrogens with two attached hydrogens (primary N) is 1. The molecule has 7 nitrogen and oxygen atoms in total. The van der Waals surface area contributed by atoms with Crippen molar-refractivity contribution in [3.63, 3.8) is 0 Å². The zero-order valence-corrected chi connectivity index (χ0v) is 13.8. The molecular weight excluding hydrogens is 349 g/mol. The normalized spacial score (nSPS) is 12.2. The van der Waals surface area contributed by atoms with Gasteiger partial charge in [0.05, 0.1) is 35.8 Å². The highest BCUT2D eigenvalue weighted by Gasteiger charge is 2.11. The van der Waals surface area contributed by atoms with Crippen LogP contribution in [0.4, 0.5) is 4.39 Å². The number of hydrogen-bond acceptors (Lipinski definition) is 6. The SMILES string of the molecule is N[C@H](CO)Cn1nccc1-c1ccc(Oc2ncc(Cl)cc2F)cn1. The molecule has 0 aliphatic heterocycles. The first-order valence-electron chi connectivity index (χ1n) is 7.40. The minimum atomic E-state index is -0.660. The van der Waals surface area contributed by atoms with Crippen LogP contribution in [0.1, 0.15) is 0 Å². The van der Waals surface area contributed by atoms with Gasteiger partial charge in [-0.15, -0.1) is 0 Å². The van der Waals surface area contributed by atoms with Gasteiger partial charge in [-0.3, -0.25) is 9.67 Å². The van der Waals surface area contributed by atoms with Gasteiger partial charge in [0, 0.05) is 18.4 Å².